The van der Waals surface area contributed by atoms with Crippen LogP contribution in [-0.4, -0.2) is 28.2 Å². The first-order valence-electron chi connectivity index (χ1n) is 8.39. The van der Waals surface area contributed by atoms with Gasteiger partial charge in [0, 0.05) is 16.6 Å². The predicted octanol–water partition coefficient (Wildman–Crippen LogP) is 3.55. The lowest BCUT2D eigenvalue weighted by Crippen LogP contribution is -2.39. The fourth-order valence-corrected chi connectivity index (χ4v) is 5.12. The van der Waals surface area contributed by atoms with Crippen LogP contribution in [0.25, 0.3) is 0 Å². The number of rotatable bonds is 4. The zero-order chi connectivity index (χ0) is 16.4. The van der Waals surface area contributed by atoms with Crippen molar-refractivity contribution in [3.63, 3.8) is 0 Å². The maximum atomic E-state index is 12.5. The van der Waals surface area contributed by atoms with Crippen LogP contribution in [0.2, 0.25) is 0 Å². The maximum Gasteiger partial charge on any atom is 0.241 e. The van der Waals surface area contributed by atoms with E-state index in [1.165, 1.54) is 37.0 Å². The van der Waals surface area contributed by atoms with Gasteiger partial charge in [-0.1, -0.05) is 35.9 Å². The number of fused-ring (bicyclic) bond motifs is 1. The molecule has 2 aromatic rings. The molecule has 0 spiro atoms. The van der Waals surface area contributed by atoms with Crippen LogP contribution in [0.4, 0.5) is 5.69 Å². The molecule has 4 rings (SSSR count). The minimum absolute atomic E-state index is 0.0476. The van der Waals surface area contributed by atoms with Gasteiger partial charge < -0.3 is 10.6 Å². The number of carbonyl (C=O) groups excluding carboxylic acids is 1. The van der Waals surface area contributed by atoms with Gasteiger partial charge in [-0.3, -0.25) is 4.79 Å². The molecule has 1 aliphatic carbocycles. The topological polar surface area (TPSA) is 66.9 Å². The summed E-state index contributed by atoms with van der Waals surface area (Å²) in [6.07, 6.45) is 6.05. The molecule has 2 fully saturated rings. The molecule has 3 atom stereocenters. The molecular weight excluding hydrogens is 340 g/mol. The lowest BCUT2D eigenvalue weighted by atomic mass is 9.85. The number of nitrogens with zero attached hydrogens (tertiary/aromatic N) is 2. The van der Waals surface area contributed by atoms with Crippen molar-refractivity contribution in [2.75, 3.05) is 5.32 Å². The third-order valence-electron chi connectivity index (χ3n) is 4.85. The van der Waals surface area contributed by atoms with Crippen molar-refractivity contribution in [2.24, 2.45) is 5.92 Å². The summed E-state index contributed by atoms with van der Waals surface area (Å²) in [7, 11) is 0. The number of nitrogens with one attached hydrogen (secondary N) is 2. The molecule has 2 N–H and O–H groups in total. The first kappa shape index (κ1) is 16.1. The van der Waals surface area contributed by atoms with Gasteiger partial charge in [-0.05, 0) is 49.4 Å². The molecule has 1 aromatic carbocycles. The highest BCUT2D eigenvalue weighted by Crippen LogP contribution is 2.34. The Hall–Kier alpha value is -1.44. The molecule has 7 heteroatoms. The standard InChI is InChI=1S/C17H20N4OS2/c22-16(15-9-11-3-1-2-4-14(11)20-15)19-12-5-7-13(8-6-12)24-17-21-18-10-23-17/h5-8,10-11,14-15,20H,1-4,9H2,(H,19,22). The first-order valence-corrected chi connectivity index (χ1v) is 10.1. The van der Waals surface area contributed by atoms with Crippen LogP contribution in [0.1, 0.15) is 32.1 Å². The molecular formula is C17H20N4OS2. The smallest absolute Gasteiger partial charge is 0.241 e. The lowest BCUT2D eigenvalue weighted by Gasteiger charge is -2.24. The monoisotopic (exact) mass is 360 g/mol. The molecule has 1 aliphatic heterocycles. The van der Waals surface area contributed by atoms with Crippen LogP contribution in [0.3, 0.4) is 0 Å². The van der Waals surface area contributed by atoms with Gasteiger partial charge in [0.1, 0.15) is 5.51 Å². The highest BCUT2D eigenvalue weighted by molar-refractivity contribution is 8.01. The van der Waals surface area contributed by atoms with Crippen molar-refractivity contribution in [3.8, 4) is 0 Å². The number of amides is 1. The van der Waals surface area contributed by atoms with Crippen LogP contribution in [0, 0.1) is 5.92 Å². The summed E-state index contributed by atoms with van der Waals surface area (Å²) in [4.78, 5) is 13.6. The minimum atomic E-state index is -0.0476. The van der Waals surface area contributed by atoms with Crippen molar-refractivity contribution < 1.29 is 4.79 Å². The molecule has 1 saturated carbocycles. The summed E-state index contributed by atoms with van der Waals surface area (Å²) in [5, 5.41) is 14.4. The summed E-state index contributed by atoms with van der Waals surface area (Å²) in [6, 6.07) is 8.40. The van der Waals surface area contributed by atoms with E-state index in [0.717, 1.165) is 21.3 Å². The Bertz CT molecular complexity index is 675. The second-order valence-corrected chi connectivity index (χ2v) is 8.58. The quantitative estimate of drug-likeness (QED) is 0.873. The Labute approximate surface area is 149 Å². The molecule has 0 radical (unpaired) electrons. The van der Waals surface area contributed by atoms with Gasteiger partial charge in [0.25, 0.3) is 0 Å². The van der Waals surface area contributed by atoms with Gasteiger partial charge in [0.2, 0.25) is 5.91 Å². The van der Waals surface area contributed by atoms with E-state index in [2.05, 4.69) is 20.8 Å². The van der Waals surface area contributed by atoms with E-state index in [1.54, 1.807) is 17.3 Å². The Morgan fingerprint density at radius 3 is 2.83 bits per heavy atom. The number of anilines is 1. The van der Waals surface area contributed by atoms with Gasteiger partial charge in [0.15, 0.2) is 4.34 Å². The zero-order valence-corrected chi connectivity index (χ0v) is 14.9. The van der Waals surface area contributed by atoms with Crippen LogP contribution < -0.4 is 10.6 Å². The average Bonchev–Trinajstić information content (AvgIpc) is 3.25. The molecule has 126 valence electrons. The molecule has 3 unspecified atom stereocenters. The van der Waals surface area contributed by atoms with E-state index < -0.39 is 0 Å². The summed E-state index contributed by atoms with van der Waals surface area (Å²) in [5.41, 5.74) is 2.57. The number of hydrogen-bond donors (Lipinski definition) is 2. The maximum absolute atomic E-state index is 12.5. The van der Waals surface area contributed by atoms with E-state index in [0.29, 0.717) is 12.0 Å². The van der Waals surface area contributed by atoms with Gasteiger partial charge in [0.05, 0.1) is 6.04 Å². The Morgan fingerprint density at radius 1 is 1.25 bits per heavy atom. The molecule has 5 nitrogen and oxygen atoms in total. The molecule has 2 aliphatic rings. The van der Waals surface area contributed by atoms with E-state index >= 15 is 0 Å². The lowest BCUT2D eigenvalue weighted by molar-refractivity contribution is -0.117. The fraction of sp³-hybridized carbons (Fsp3) is 0.471. The van der Waals surface area contributed by atoms with Gasteiger partial charge in [-0.25, -0.2) is 0 Å². The number of benzene rings is 1. The fourth-order valence-electron chi connectivity index (χ4n) is 3.67. The van der Waals surface area contributed by atoms with Gasteiger partial charge in [-0.2, -0.15) is 0 Å². The van der Waals surface area contributed by atoms with Gasteiger partial charge >= 0.3 is 0 Å². The molecule has 1 aromatic heterocycles. The van der Waals surface area contributed by atoms with Crippen LogP contribution in [0.15, 0.2) is 39.0 Å². The number of carbonyl (C=O) groups is 1. The summed E-state index contributed by atoms with van der Waals surface area (Å²) in [6.45, 7) is 0. The number of hydrogen-bond acceptors (Lipinski definition) is 6. The molecule has 1 saturated heterocycles. The zero-order valence-electron chi connectivity index (χ0n) is 13.3. The highest BCUT2D eigenvalue weighted by atomic mass is 32.2. The first-order chi connectivity index (χ1) is 11.8. The molecule has 1 amide bonds. The summed E-state index contributed by atoms with van der Waals surface area (Å²) >= 11 is 3.10. The van der Waals surface area contributed by atoms with E-state index in [4.69, 9.17) is 0 Å². The Kier molecular flexibility index (Phi) is 4.82. The van der Waals surface area contributed by atoms with Gasteiger partial charge in [-0.15, -0.1) is 10.2 Å². The Balaban J connectivity index is 1.34. The van der Waals surface area contributed by atoms with Crippen molar-refractivity contribution >= 4 is 34.7 Å². The van der Waals surface area contributed by atoms with Crippen molar-refractivity contribution in [3.05, 3.63) is 29.8 Å². The van der Waals surface area contributed by atoms with Crippen LogP contribution >= 0.6 is 23.1 Å². The SMILES string of the molecule is O=C(Nc1ccc(Sc2nncs2)cc1)C1CC2CCCCC2N1. The normalized spacial score (nSPS) is 26.1. The largest absolute Gasteiger partial charge is 0.325 e. The third-order valence-corrected chi connectivity index (χ3v) is 6.63. The third kappa shape index (κ3) is 3.63. The van der Waals surface area contributed by atoms with Crippen molar-refractivity contribution in [2.45, 2.75) is 53.4 Å². The second-order valence-electron chi connectivity index (χ2n) is 6.43. The second kappa shape index (κ2) is 7.21. The number of aromatic nitrogens is 2. The molecule has 0 bridgehead atoms. The summed E-state index contributed by atoms with van der Waals surface area (Å²) < 4.78 is 0.921. The minimum Gasteiger partial charge on any atom is -0.325 e. The molecule has 24 heavy (non-hydrogen) atoms. The average molecular weight is 361 g/mol. The van der Waals surface area contributed by atoms with E-state index in [-0.39, 0.29) is 11.9 Å². The predicted molar refractivity (Wildman–Crippen MR) is 96.4 cm³/mol. The Morgan fingerprint density at radius 2 is 2.08 bits per heavy atom. The van der Waals surface area contributed by atoms with E-state index in [1.807, 2.05) is 24.3 Å². The summed E-state index contributed by atoms with van der Waals surface area (Å²) in [5.74, 6) is 0.772. The van der Waals surface area contributed by atoms with Crippen molar-refractivity contribution in [1.82, 2.24) is 15.5 Å². The highest BCUT2D eigenvalue weighted by Gasteiger charge is 2.38. The van der Waals surface area contributed by atoms with Crippen molar-refractivity contribution in [1.29, 1.82) is 0 Å². The van der Waals surface area contributed by atoms with E-state index in [9.17, 15) is 4.79 Å². The van der Waals surface area contributed by atoms with Crippen LogP contribution in [-0.2, 0) is 4.79 Å². The molecule has 2 heterocycles. The van der Waals surface area contributed by atoms with Crippen LogP contribution in [0.5, 0.6) is 0 Å².